The molecule has 1 fully saturated rings. The summed E-state index contributed by atoms with van der Waals surface area (Å²) in [6, 6.07) is 10.6. The van der Waals surface area contributed by atoms with Crippen molar-refractivity contribution in [3.63, 3.8) is 0 Å². The predicted octanol–water partition coefficient (Wildman–Crippen LogP) is 4.67. The van der Waals surface area contributed by atoms with Crippen molar-refractivity contribution < 1.29 is 18.8 Å². The zero-order chi connectivity index (χ0) is 20.8. The number of Topliss-reactive ketones (excluding diaryl/α,β-unsaturated/α-hetero) is 1. The number of carbonyl (C=O) groups is 1. The van der Waals surface area contributed by atoms with Gasteiger partial charge in [-0.1, -0.05) is 34.8 Å². The Bertz CT molecular complexity index is 1080. The summed E-state index contributed by atoms with van der Waals surface area (Å²) in [5.74, 6) is 5.36. The van der Waals surface area contributed by atoms with Crippen molar-refractivity contribution in [1.82, 2.24) is 10.1 Å². The van der Waals surface area contributed by atoms with E-state index in [0.29, 0.717) is 28.5 Å². The van der Waals surface area contributed by atoms with Crippen LogP contribution in [-0.2, 0) is 16.1 Å². The van der Waals surface area contributed by atoms with E-state index in [-0.39, 0.29) is 24.2 Å². The molecule has 1 aliphatic heterocycles. The van der Waals surface area contributed by atoms with Crippen molar-refractivity contribution in [3.8, 4) is 23.2 Å². The monoisotopic (exact) mass is 422 g/mol. The van der Waals surface area contributed by atoms with Gasteiger partial charge in [0.1, 0.15) is 11.3 Å². The SMILES string of the molecule is O=C(C#Cc1ccncc1)c1c(COC2CCCCO2)noc1-c1ccccc1Cl. The molecule has 6 nitrogen and oxygen atoms in total. The number of carbonyl (C=O) groups excluding carboxylic acids is 1. The van der Waals surface area contributed by atoms with Crippen LogP contribution >= 0.6 is 11.6 Å². The summed E-state index contributed by atoms with van der Waals surface area (Å²) in [6.45, 7) is 0.744. The van der Waals surface area contributed by atoms with E-state index < -0.39 is 5.78 Å². The summed E-state index contributed by atoms with van der Waals surface area (Å²) in [5, 5.41) is 4.53. The number of ketones is 1. The fourth-order valence-electron chi connectivity index (χ4n) is 3.13. The summed E-state index contributed by atoms with van der Waals surface area (Å²) >= 11 is 6.32. The molecule has 0 amide bonds. The van der Waals surface area contributed by atoms with Crippen LogP contribution in [0.2, 0.25) is 5.02 Å². The zero-order valence-electron chi connectivity index (χ0n) is 16.1. The van der Waals surface area contributed by atoms with Crippen LogP contribution in [0.15, 0.2) is 53.3 Å². The van der Waals surface area contributed by atoms with E-state index in [4.69, 9.17) is 25.6 Å². The molecule has 3 heterocycles. The Morgan fingerprint density at radius 2 is 2.03 bits per heavy atom. The summed E-state index contributed by atoms with van der Waals surface area (Å²) in [4.78, 5) is 17.0. The number of nitrogens with zero attached hydrogens (tertiary/aromatic N) is 2. The van der Waals surface area contributed by atoms with Crippen molar-refractivity contribution >= 4 is 17.4 Å². The van der Waals surface area contributed by atoms with E-state index in [0.717, 1.165) is 19.3 Å². The third-order valence-electron chi connectivity index (χ3n) is 4.65. The first-order chi connectivity index (χ1) is 14.7. The minimum Gasteiger partial charge on any atom is -0.355 e. The van der Waals surface area contributed by atoms with E-state index in [1.165, 1.54) is 0 Å². The number of aromatic nitrogens is 2. The van der Waals surface area contributed by atoms with Crippen LogP contribution < -0.4 is 0 Å². The van der Waals surface area contributed by atoms with Crippen molar-refractivity contribution in [2.45, 2.75) is 32.2 Å². The van der Waals surface area contributed by atoms with Crippen LogP contribution in [0.25, 0.3) is 11.3 Å². The van der Waals surface area contributed by atoms with Crippen LogP contribution in [0.3, 0.4) is 0 Å². The van der Waals surface area contributed by atoms with Crippen LogP contribution in [0.5, 0.6) is 0 Å². The van der Waals surface area contributed by atoms with Crippen LogP contribution in [0, 0.1) is 11.8 Å². The third-order valence-corrected chi connectivity index (χ3v) is 4.98. The van der Waals surface area contributed by atoms with Gasteiger partial charge in [-0.05, 0) is 49.4 Å². The standard InChI is InChI=1S/C23H19ClN2O4/c24-18-6-2-1-5-17(18)23-22(20(27)9-8-16-10-12-25-13-11-16)19(26-30-23)15-29-21-7-3-4-14-28-21/h1-2,5-6,10-13,21H,3-4,7,14-15H2. The van der Waals surface area contributed by atoms with E-state index in [9.17, 15) is 4.79 Å². The van der Waals surface area contributed by atoms with Gasteiger partial charge in [0, 0.05) is 30.1 Å². The molecule has 0 radical (unpaired) electrons. The molecular weight excluding hydrogens is 404 g/mol. The lowest BCUT2D eigenvalue weighted by atomic mass is 10.0. The molecule has 1 unspecified atom stereocenters. The molecule has 7 heteroatoms. The topological polar surface area (TPSA) is 74.5 Å². The highest BCUT2D eigenvalue weighted by Crippen LogP contribution is 2.33. The average Bonchev–Trinajstić information content (AvgIpc) is 3.21. The molecule has 4 rings (SSSR count). The number of hydrogen-bond donors (Lipinski definition) is 0. The molecule has 30 heavy (non-hydrogen) atoms. The van der Waals surface area contributed by atoms with Gasteiger partial charge in [0.15, 0.2) is 12.1 Å². The highest BCUT2D eigenvalue weighted by atomic mass is 35.5. The van der Waals surface area contributed by atoms with Gasteiger partial charge >= 0.3 is 0 Å². The molecule has 0 bridgehead atoms. The van der Waals surface area contributed by atoms with Gasteiger partial charge in [-0.25, -0.2) is 0 Å². The molecule has 1 aromatic carbocycles. The molecule has 3 aromatic rings. The quantitative estimate of drug-likeness (QED) is 0.439. The van der Waals surface area contributed by atoms with E-state index in [2.05, 4.69) is 22.0 Å². The molecule has 0 N–H and O–H groups in total. The van der Waals surface area contributed by atoms with Crippen LogP contribution in [-0.4, -0.2) is 28.8 Å². The summed E-state index contributed by atoms with van der Waals surface area (Å²) < 4.78 is 16.9. The largest absolute Gasteiger partial charge is 0.355 e. The number of hydrogen-bond acceptors (Lipinski definition) is 6. The molecule has 1 saturated heterocycles. The number of halogens is 1. The predicted molar refractivity (Wildman–Crippen MR) is 111 cm³/mol. The second-order valence-electron chi connectivity index (χ2n) is 6.74. The maximum Gasteiger partial charge on any atom is 0.242 e. The second kappa shape index (κ2) is 9.68. The Labute approximate surface area is 179 Å². The Morgan fingerprint density at radius 1 is 1.20 bits per heavy atom. The number of pyridine rings is 1. The lowest BCUT2D eigenvalue weighted by Gasteiger charge is -2.22. The first-order valence-electron chi connectivity index (χ1n) is 9.65. The molecule has 2 aromatic heterocycles. The van der Waals surface area contributed by atoms with Crippen molar-refractivity contribution in [1.29, 1.82) is 0 Å². The zero-order valence-corrected chi connectivity index (χ0v) is 16.9. The number of ether oxygens (including phenoxy) is 2. The lowest BCUT2D eigenvalue weighted by Crippen LogP contribution is -2.22. The number of benzene rings is 1. The smallest absolute Gasteiger partial charge is 0.242 e. The fraction of sp³-hybridized carbons (Fsp3) is 0.261. The fourth-order valence-corrected chi connectivity index (χ4v) is 3.35. The van der Waals surface area contributed by atoms with Gasteiger partial charge in [-0.2, -0.15) is 0 Å². The van der Waals surface area contributed by atoms with Crippen molar-refractivity contribution in [3.05, 3.63) is 70.6 Å². The van der Waals surface area contributed by atoms with Gasteiger partial charge in [-0.15, -0.1) is 0 Å². The van der Waals surface area contributed by atoms with E-state index in [1.807, 2.05) is 6.07 Å². The minimum absolute atomic E-state index is 0.0800. The molecule has 0 saturated carbocycles. The first-order valence-corrected chi connectivity index (χ1v) is 10.0. The Kier molecular flexibility index (Phi) is 6.55. The maximum atomic E-state index is 13.0. The van der Waals surface area contributed by atoms with Gasteiger partial charge in [0.2, 0.25) is 5.78 Å². The van der Waals surface area contributed by atoms with E-state index in [1.54, 1.807) is 42.7 Å². The van der Waals surface area contributed by atoms with Crippen molar-refractivity contribution in [2.75, 3.05) is 6.61 Å². The molecular formula is C23H19ClN2O4. The molecule has 1 aliphatic rings. The second-order valence-corrected chi connectivity index (χ2v) is 7.14. The lowest BCUT2D eigenvalue weighted by molar-refractivity contribution is -0.169. The molecule has 152 valence electrons. The normalized spacial score (nSPS) is 16.0. The minimum atomic E-state index is -0.425. The van der Waals surface area contributed by atoms with Crippen LogP contribution in [0.4, 0.5) is 0 Å². The summed E-state index contributed by atoms with van der Waals surface area (Å²) in [5.41, 5.74) is 1.87. The highest BCUT2D eigenvalue weighted by Gasteiger charge is 2.25. The Hall–Kier alpha value is -2.98. The van der Waals surface area contributed by atoms with Crippen LogP contribution in [0.1, 0.15) is 40.9 Å². The van der Waals surface area contributed by atoms with Gasteiger partial charge in [0.05, 0.1) is 11.6 Å². The third kappa shape index (κ3) is 4.77. The number of rotatable bonds is 5. The molecule has 0 spiro atoms. The molecule has 0 aliphatic carbocycles. The van der Waals surface area contributed by atoms with Gasteiger partial charge in [0.25, 0.3) is 0 Å². The van der Waals surface area contributed by atoms with Crippen molar-refractivity contribution in [2.24, 2.45) is 0 Å². The average molecular weight is 423 g/mol. The van der Waals surface area contributed by atoms with Gasteiger partial charge < -0.3 is 14.0 Å². The highest BCUT2D eigenvalue weighted by molar-refractivity contribution is 6.33. The first kappa shape index (κ1) is 20.3. The Morgan fingerprint density at radius 3 is 2.80 bits per heavy atom. The Balaban J connectivity index is 1.65. The molecule has 1 atom stereocenters. The maximum absolute atomic E-state index is 13.0. The summed E-state index contributed by atoms with van der Waals surface area (Å²) in [7, 11) is 0. The summed E-state index contributed by atoms with van der Waals surface area (Å²) in [6.07, 6.45) is 5.79. The van der Waals surface area contributed by atoms with E-state index >= 15 is 0 Å². The van der Waals surface area contributed by atoms with Gasteiger partial charge in [-0.3, -0.25) is 9.78 Å².